The monoisotopic (exact) mass is 360 g/mol. The van der Waals surface area contributed by atoms with Crippen molar-refractivity contribution in [2.24, 2.45) is 17.8 Å². The molecule has 0 saturated carbocycles. The largest absolute Gasteiger partial charge is 0.497 e. The average Bonchev–Trinajstić information content (AvgIpc) is 3.01. The number of nitrogens with zero attached hydrogens (tertiary/aromatic N) is 2. The van der Waals surface area contributed by atoms with Gasteiger partial charge in [0.05, 0.1) is 25.8 Å². The topological polar surface area (TPSA) is 59.1 Å². The second-order valence-corrected chi connectivity index (χ2v) is 7.63. The molecule has 0 unspecified atom stereocenters. The molecular formula is C20H28N2O4. The Kier molecular flexibility index (Phi) is 5.39. The molecule has 1 aromatic rings. The smallest absolute Gasteiger partial charge is 0.228 e. The number of benzene rings is 1. The van der Waals surface area contributed by atoms with E-state index >= 15 is 0 Å². The molecule has 3 atom stereocenters. The van der Waals surface area contributed by atoms with Crippen molar-refractivity contribution in [2.75, 3.05) is 38.8 Å². The van der Waals surface area contributed by atoms with Gasteiger partial charge in [-0.05, 0) is 30.4 Å². The fourth-order valence-corrected chi connectivity index (χ4v) is 4.21. The van der Waals surface area contributed by atoms with Crippen LogP contribution in [0.15, 0.2) is 18.2 Å². The summed E-state index contributed by atoms with van der Waals surface area (Å²) < 4.78 is 10.7. The van der Waals surface area contributed by atoms with Gasteiger partial charge in [0.15, 0.2) is 0 Å². The van der Waals surface area contributed by atoms with Gasteiger partial charge in [0.1, 0.15) is 11.5 Å². The molecular weight excluding hydrogens is 332 g/mol. The lowest BCUT2D eigenvalue weighted by molar-refractivity contribution is -0.138. The van der Waals surface area contributed by atoms with Gasteiger partial charge in [0.2, 0.25) is 11.8 Å². The van der Waals surface area contributed by atoms with Crippen LogP contribution in [0.4, 0.5) is 5.69 Å². The van der Waals surface area contributed by atoms with Crippen molar-refractivity contribution in [2.45, 2.75) is 26.7 Å². The fraction of sp³-hybridized carbons (Fsp3) is 0.600. The molecule has 0 aliphatic carbocycles. The van der Waals surface area contributed by atoms with Gasteiger partial charge < -0.3 is 19.3 Å². The van der Waals surface area contributed by atoms with Gasteiger partial charge in [-0.3, -0.25) is 9.59 Å². The number of likely N-dealkylation sites (tertiary alicyclic amines) is 1. The van der Waals surface area contributed by atoms with Crippen LogP contribution in [-0.4, -0.2) is 50.6 Å². The van der Waals surface area contributed by atoms with E-state index in [9.17, 15) is 9.59 Å². The molecule has 2 amide bonds. The van der Waals surface area contributed by atoms with Gasteiger partial charge in [-0.25, -0.2) is 0 Å². The number of amides is 2. The first kappa shape index (κ1) is 18.5. The Balaban J connectivity index is 1.77. The number of ether oxygens (including phenoxy) is 2. The molecule has 2 aliphatic heterocycles. The van der Waals surface area contributed by atoms with Gasteiger partial charge in [0.25, 0.3) is 0 Å². The minimum absolute atomic E-state index is 0.0481. The fourth-order valence-electron chi connectivity index (χ4n) is 4.21. The summed E-state index contributed by atoms with van der Waals surface area (Å²) in [5.74, 6) is 2.03. The van der Waals surface area contributed by atoms with Gasteiger partial charge in [0, 0.05) is 32.1 Å². The maximum Gasteiger partial charge on any atom is 0.228 e. The summed E-state index contributed by atoms with van der Waals surface area (Å²) in [5.41, 5.74) is 0.660. The molecule has 6 heteroatoms. The zero-order valence-corrected chi connectivity index (χ0v) is 16.0. The molecule has 142 valence electrons. The molecule has 2 fully saturated rings. The number of methoxy groups -OCH3 is 2. The molecule has 0 radical (unpaired) electrons. The van der Waals surface area contributed by atoms with Crippen molar-refractivity contribution in [3.8, 4) is 11.5 Å². The Labute approximate surface area is 155 Å². The highest BCUT2D eigenvalue weighted by Gasteiger charge is 2.39. The number of hydrogen-bond acceptors (Lipinski definition) is 4. The maximum absolute atomic E-state index is 13.0. The number of carbonyl (C=O) groups excluding carboxylic acids is 2. The zero-order chi connectivity index (χ0) is 18.8. The van der Waals surface area contributed by atoms with Crippen LogP contribution in [0.5, 0.6) is 11.5 Å². The Morgan fingerprint density at radius 2 is 1.77 bits per heavy atom. The minimum Gasteiger partial charge on any atom is -0.497 e. The SMILES string of the molecule is COc1ccc(OC)c(N2C[C@@H](C(=O)N3C[C@H](C)C[C@@H](C)C3)CC2=O)c1. The third kappa shape index (κ3) is 3.64. The molecule has 1 aromatic carbocycles. The summed E-state index contributed by atoms with van der Waals surface area (Å²) in [4.78, 5) is 29.2. The van der Waals surface area contributed by atoms with Crippen LogP contribution in [0.2, 0.25) is 0 Å². The molecule has 0 spiro atoms. The van der Waals surface area contributed by atoms with Crippen molar-refractivity contribution in [1.82, 2.24) is 4.90 Å². The van der Waals surface area contributed by atoms with Crippen LogP contribution in [0.25, 0.3) is 0 Å². The summed E-state index contributed by atoms with van der Waals surface area (Å²) in [5, 5.41) is 0. The Morgan fingerprint density at radius 1 is 1.08 bits per heavy atom. The van der Waals surface area contributed by atoms with E-state index in [0.717, 1.165) is 19.5 Å². The van der Waals surface area contributed by atoms with E-state index in [1.54, 1.807) is 37.3 Å². The van der Waals surface area contributed by atoms with Crippen molar-refractivity contribution >= 4 is 17.5 Å². The van der Waals surface area contributed by atoms with E-state index in [-0.39, 0.29) is 24.2 Å². The van der Waals surface area contributed by atoms with Crippen molar-refractivity contribution in [3.05, 3.63) is 18.2 Å². The van der Waals surface area contributed by atoms with Crippen molar-refractivity contribution in [1.29, 1.82) is 0 Å². The molecule has 6 nitrogen and oxygen atoms in total. The summed E-state index contributed by atoms with van der Waals surface area (Å²) in [6.07, 6.45) is 1.40. The van der Waals surface area contributed by atoms with Crippen molar-refractivity contribution in [3.63, 3.8) is 0 Å². The Bertz CT molecular complexity index is 680. The summed E-state index contributed by atoms with van der Waals surface area (Å²) >= 11 is 0. The van der Waals surface area contributed by atoms with Gasteiger partial charge in [-0.2, -0.15) is 0 Å². The predicted octanol–water partition coefficient (Wildman–Crippen LogP) is 2.56. The van der Waals surface area contributed by atoms with Gasteiger partial charge in [-0.1, -0.05) is 13.8 Å². The number of carbonyl (C=O) groups is 2. The zero-order valence-electron chi connectivity index (χ0n) is 16.0. The third-order valence-electron chi connectivity index (χ3n) is 5.33. The first-order valence-electron chi connectivity index (χ1n) is 9.24. The lowest BCUT2D eigenvalue weighted by Gasteiger charge is -2.36. The highest BCUT2D eigenvalue weighted by Crippen LogP contribution is 2.36. The summed E-state index contributed by atoms with van der Waals surface area (Å²) in [6, 6.07) is 5.36. The van der Waals surface area contributed by atoms with E-state index in [1.165, 1.54) is 0 Å². The maximum atomic E-state index is 13.0. The summed E-state index contributed by atoms with van der Waals surface area (Å²) in [7, 11) is 3.16. The second-order valence-electron chi connectivity index (χ2n) is 7.63. The van der Waals surface area contributed by atoms with Crippen LogP contribution < -0.4 is 14.4 Å². The normalized spacial score (nSPS) is 26.2. The van der Waals surface area contributed by atoms with E-state index in [2.05, 4.69) is 13.8 Å². The minimum atomic E-state index is -0.295. The Hall–Kier alpha value is -2.24. The van der Waals surface area contributed by atoms with Crippen LogP contribution in [-0.2, 0) is 9.59 Å². The molecule has 26 heavy (non-hydrogen) atoms. The number of rotatable bonds is 4. The lowest BCUT2D eigenvalue weighted by Crippen LogP contribution is -2.45. The second kappa shape index (κ2) is 7.56. The first-order valence-corrected chi connectivity index (χ1v) is 9.24. The van der Waals surface area contributed by atoms with E-state index < -0.39 is 0 Å². The van der Waals surface area contributed by atoms with Crippen LogP contribution in [0.1, 0.15) is 26.7 Å². The Morgan fingerprint density at radius 3 is 2.38 bits per heavy atom. The quantitative estimate of drug-likeness (QED) is 0.828. The standard InChI is InChI=1S/C20H28N2O4/c1-13-7-14(2)11-21(10-13)20(24)15-8-19(23)22(12-15)17-9-16(25-3)5-6-18(17)26-4/h5-6,9,13-15H,7-8,10-12H2,1-4H3/t13-,14-,15+/m1/s1. The molecule has 3 rings (SSSR count). The number of anilines is 1. The molecule has 2 aliphatic rings. The third-order valence-corrected chi connectivity index (χ3v) is 5.33. The summed E-state index contributed by atoms with van der Waals surface area (Å²) in [6.45, 7) is 6.33. The van der Waals surface area contributed by atoms with E-state index in [1.807, 2.05) is 4.90 Å². The van der Waals surface area contributed by atoms with E-state index in [0.29, 0.717) is 35.6 Å². The molecule has 2 saturated heterocycles. The molecule has 2 heterocycles. The average molecular weight is 360 g/mol. The molecule has 0 bridgehead atoms. The van der Waals surface area contributed by atoms with Crippen LogP contribution in [0, 0.1) is 17.8 Å². The van der Waals surface area contributed by atoms with Gasteiger partial charge in [-0.15, -0.1) is 0 Å². The molecule has 0 N–H and O–H groups in total. The number of hydrogen-bond donors (Lipinski definition) is 0. The highest BCUT2D eigenvalue weighted by atomic mass is 16.5. The van der Waals surface area contributed by atoms with E-state index in [4.69, 9.17) is 9.47 Å². The molecule has 0 aromatic heterocycles. The van der Waals surface area contributed by atoms with Crippen LogP contribution in [0.3, 0.4) is 0 Å². The number of piperidine rings is 1. The van der Waals surface area contributed by atoms with Crippen LogP contribution >= 0.6 is 0 Å². The lowest BCUT2D eigenvalue weighted by atomic mass is 9.91. The van der Waals surface area contributed by atoms with Crippen molar-refractivity contribution < 1.29 is 19.1 Å². The highest BCUT2D eigenvalue weighted by molar-refractivity contribution is 6.01. The first-order chi connectivity index (χ1) is 12.4. The van der Waals surface area contributed by atoms with Gasteiger partial charge >= 0.3 is 0 Å². The predicted molar refractivity (Wildman–Crippen MR) is 99.5 cm³/mol.